The maximum absolute atomic E-state index is 11.6. The van der Waals surface area contributed by atoms with E-state index in [2.05, 4.69) is 9.88 Å². The van der Waals surface area contributed by atoms with Gasteiger partial charge in [-0.1, -0.05) is 43.2 Å². The summed E-state index contributed by atoms with van der Waals surface area (Å²) in [6.07, 6.45) is 6.43. The third-order valence-corrected chi connectivity index (χ3v) is 6.15. The highest BCUT2D eigenvalue weighted by molar-refractivity contribution is 5.86. The Morgan fingerprint density at radius 2 is 2.11 bits per heavy atom. The van der Waals surface area contributed by atoms with Gasteiger partial charge in [-0.3, -0.25) is 4.90 Å². The van der Waals surface area contributed by atoms with Crippen molar-refractivity contribution in [1.82, 2.24) is 9.88 Å². The van der Waals surface area contributed by atoms with Crippen molar-refractivity contribution in [3.8, 4) is 0 Å². The van der Waals surface area contributed by atoms with Gasteiger partial charge in [0.25, 0.3) is 0 Å². The minimum atomic E-state index is -0.781. The number of likely N-dealkylation sites (tertiary alicyclic amines) is 1. The predicted octanol–water partition coefficient (Wildman–Crippen LogP) is 3.11. The Bertz CT molecular complexity index is 790. The minimum Gasteiger partial charge on any atom is -0.464 e. The molecule has 1 aromatic carbocycles. The lowest BCUT2D eigenvalue weighted by Gasteiger charge is -2.52. The number of fused-ring (bicyclic) bond motifs is 1. The van der Waals surface area contributed by atoms with Crippen LogP contribution in [0.15, 0.2) is 41.0 Å². The lowest BCUT2D eigenvalue weighted by Crippen LogP contribution is -2.57. The van der Waals surface area contributed by atoms with Gasteiger partial charge in [-0.25, -0.2) is 9.78 Å². The van der Waals surface area contributed by atoms with E-state index >= 15 is 0 Å². The number of benzene rings is 1. The number of esters is 1. The summed E-state index contributed by atoms with van der Waals surface area (Å²) >= 11 is 0. The number of oxazole rings is 1. The van der Waals surface area contributed by atoms with Crippen LogP contribution in [0.4, 0.5) is 0 Å². The van der Waals surface area contributed by atoms with Crippen LogP contribution in [0, 0.1) is 5.92 Å². The second kappa shape index (κ2) is 7.44. The smallest absolute Gasteiger partial charge is 0.360 e. The van der Waals surface area contributed by atoms with Crippen LogP contribution in [0.3, 0.4) is 0 Å². The molecule has 2 heterocycles. The van der Waals surface area contributed by atoms with Crippen LogP contribution in [0.2, 0.25) is 0 Å². The average Bonchev–Trinajstić information content (AvgIpc) is 3.19. The fourth-order valence-corrected chi connectivity index (χ4v) is 4.81. The van der Waals surface area contributed by atoms with E-state index in [1.807, 2.05) is 30.3 Å². The zero-order valence-electron chi connectivity index (χ0n) is 15.6. The van der Waals surface area contributed by atoms with Crippen molar-refractivity contribution < 1.29 is 19.1 Å². The molecule has 144 valence electrons. The standard InChI is InChI=1S/C21H26N2O4/c1-26-20(24)17-14-27-19(22-17)13-23-12-11-21(25,15-7-3-2-4-8-15)16-9-5-6-10-18(16)23/h2-4,7-8,14,16,18,25H,5-6,9-13H2,1H3/t16-,18-,21+/m0/s1. The molecule has 0 bridgehead atoms. The van der Waals surface area contributed by atoms with E-state index in [0.29, 0.717) is 18.9 Å². The molecule has 1 aliphatic carbocycles. The Balaban J connectivity index is 1.55. The molecule has 4 rings (SSSR count). The van der Waals surface area contributed by atoms with Crippen molar-refractivity contribution in [3.05, 3.63) is 53.7 Å². The number of aliphatic hydroxyl groups is 1. The van der Waals surface area contributed by atoms with Gasteiger partial charge in [0.15, 0.2) is 5.69 Å². The summed E-state index contributed by atoms with van der Waals surface area (Å²) in [5.41, 5.74) is 0.438. The molecule has 27 heavy (non-hydrogen) atoms. The molecule has 1 saturated carbocycles. The highest BCUT2D eigenvalue weighted by atomic mass is 16.5. The third-order valence-electron chi connectivity index (χ3n) is 6.15. The summed E-state index contributed by atoms with van der Waals surface area (Å²) in [6.45, 7) is 1.31. The molecule has 0 spiro atoms. The van der Waals surface area contributed by atoms with Crippen LogP contribution in [0.1, 0.15) is 54.0 Å². The molecule has 1 aromatic heterocycles. The molecular weight excluding hydrogens is 344 g/mol. The average molecular weight is 370 g/mol. The van der Waals surface area contributed by atoms with E-state index in [1.54, 1.807) is 0 Å². The molecule has 6 nitrogen and oxygen atoms in total. The van der Waals surface area contributed by atoms with Crippen molar-refractivity contribution in [2.75, 3.05) is 13.7 Å². The Labute approximate surface area is 159 Å². The van der Waals surface area contributed by atoms with Crippen molar-refractivity contribution >= 4 is 5.97 Å². The van der Waals surface area contributed by atoms with Crippen LogP contribution < -0.4 is 0 Å². The van der Waals surface area contributed by atoms with Crippen molar-refractivity contribution in [3.63, 3.8) is 0 Å². The largest absolute Gasteiger partial charge is 0.464 e. The molecule has 0 unspecified atom stereocenters. The highest BCUT2D eigenvalue weighted by Gasteiger charge is 2.49. The maximum Gasteiger partial charge on any atom is 0.360 e. The Kier molecular flexibility index (Phi) is 5.02. The topological polar surface area (TPSA) is 75.8 Å². The van der Waals surface area contributed by atoms with Gasteiger partial charge >= 0.3 is 5.97 Å². The molecule has 3 atom stereocenters. The van der Waals surface area contributed by atoms with Crippen LogP contribution in [-0.4, -0.2) is 40.7 Å². The zero-order valence-corrected chi connectivity index (χ0v) is 15.6. The number of carbonyl (C=O) groups excluding carboxylic acids is 1. The van der Waals surface area contributed by atoms with Gasteiger partial charge in [0.2, 0.25) is 5.89 Å². The maximum atomic E-state index is 11.6. The molecule has 1 N–H and O–H groups in total. The summed E-state index contributed by atoms with van der Waals surface area (Å²) in [5, 5.41) is 11.6. The van der Waals surface area contributed by atoms with E-state index in [0.717, 1.165) is 31.4 Å². The van der Waals surface area contributed by atoms with Gasteiger partial charge in [-0.05, 0) is 24.8 Å². The number of hydrogen-bond donors (Lipinski definition) is 1. The third kappa shape index (κ3) is 3.39. The predicted molar refractivity (Wildman–Crippen MR) is 99.0 cm³/mol. The number of ether oxygens (including phenoxy) is 1. The van der Waals surface area contributed by atoms with E-state index in [9.17, 15) is 9.90 Å². The van der Waals surface area contributed by atoms with Gasteiger partial charge in [0.05, 0.1) is 19.3 Å². The number of piperidine rings is 1. The van der Waals surface area contributed by atoms with Crippen LogP contribution in [0.5, 0.6) is 0 Å². The first kappa shape index (κ1) is 18.2. The van der Waals surface area contributed by atoms with Crippen LogP contribution >= 0.6 is 0 Å². The van der Waals surface area contributed by atoms with Gasteiger partial charge < -0.3 is 14.3 Å². The molecular formula is C21H26N2O4. The zero-order chi connectivity index (χ0) is 18.9. The molecule has 2 aliphatic rings. The summed E-state index contributed by atoms with van der Waals surface area (Å²) in [5.74, 6) is 0.222. The summed E-state index contributed by atoms with van der Waals surface area (Å²) < 4.78 is 10.2. The minimum absolute atomic E-state index is 0.192. The van der Waals surface area contributed by atoms with Crippen molar-refractivity contribution in [2.45, 2.75) is 50.3 Å². The number of methoxy groups -OCH3 is 1. The van der Waals surface area contributed by atoms with Crippen LogP contribution in [0.25, 0.3) is 0 Å². The molecule has 0 radical (unpaired) electrons. The van der Waals surface area contributed by atoms with Gasteiger partial charge in [0.1, 0.15) is 6.26 Å². The van der Waals surface area contributed by atoms with E-state index in [4.69, 9.17) is 9.15 Å². The number of hydrogen-bond acceptors (Lipinski definition) is 6. The number of aromatic nitrogens is 1. The van der Waals surface area contributed by atoms with E-state index in [1.165, 1.54) is 19.8 Å². The van der Waals surface area contributed by atoms with Gasteiger partial charge in [-0.15, -0.1) is 0 Å². The number of carbonyl (C=O) groups is 1. The molecule has 6 heteroatoms. The first-order valence-corrected chi connectivity index (χ1v) is 9.66. The normalized spacial score (nSPS) is 28.5. The van der Waals surface area contributed by atoms with Crippen molar-refractivity contribution in [1.29, 1.82) is 0 Å². The molecule has 1 saturated heterocycles. The Morgan fingerprint density at radius 3 is 2.89 bits per heavy atom. The molecule has 0 amide bonds. The van der Waals surface area contributed by atoms with E-state index < -0.39 is 11.6 Å². The Morgan fingerprint density at radius 1 is 1.33 bits per heavy atom. The van der Waals surface area contributed by atoms with E-state index in [-0.39, 0.29) is 17.7 Å². The highest BCUT2D eigenvalue weighted by Crippen LogP contribution is 2.47. The monoisotopic (exact) mass is 370 g/mol. The lowest BCUT2D eigenvalue weighted by atomic mass is 9.66. The second-order valence-corrected chi connectivity index (χ2v) is 7.59. The van der Waals surface area contributed by atoms with Gasteiger partial charge in [-0.2, -0.15) is 0 Å². The lowest BCUT2D eigenvalue weighted by molar-refractivity contribution is -0.124. The fourth-order valence-electron chi connectivity index (χ4n) is 4.81. The van der Waals surface area contributed by atoms with Gasteiger partial charge in [0, 0.05) is 18.5 Å². The fraction of sp³-hybridized carbons (Fsp3) is 0.524. The second-order valence-electron chi connectivity index (χ2n) is 7.59. The summed E-state index contributed by atoms with van der Waals surface area (Å²) in [7, 11) is 1.33. The molecule has 2 fully saturated rings. The first-order chi connectivity index (χ1) is 13.1. The molecule has 2 aromatic rings. The summed E-state index contributed by atoms with van der Waals surface area (Å²) in [4.78, 5) is 18.2. The first-order valence-electron chi connectivity index (χ1n) is 9.66. The van der Waals surface area contributed by atoms with Crippen molar-refractivity contribution in [2.24, 2.45) is 5.92 Å². The van der Waals surface area contributed by atoms with Crippen LogP contribution in [-0.2, 0) is 16.9 Å². The quantitative estimate of drug-likeness (QED) is 0.834. The summed E-state index contributed by atoms with van der Waals surface area (Å²) in [6, 6.07) is 10.3. The molecule has 1 aliphatic heterocycles. The number of nitrogens with zero attached hydrogens (tertiary/aromatic N) is 2. The SMILES string of the molecule is COC(=O)c1coc(CN2CC[C@@](O)(c3ccccc3)[C@H]3CCCC[C@@H]32)n1. The number of rotatable bonds is 4. The Hall–Kier alpha value is -2.18.